The number of amides is 2. The minimum Gasteiger partial charge on any atom is -0.497 e. The summed E-state index contributed by atoms with van der Waals surface area (Å²) >= 11 is 0. The van der Waals surface area contributed by atoms with Crippen LogP contribution in [0.25, 0.3) is 10.9 Å². The number of nitrogens with zero attached hydrogens (tertiary/aromatic N) is 1. The number of aromatic amines is 1. The molecule has 1 aliphatic heterocycles. The number of aromatic nitrogens is 2. The third kappa shape index (κ3) is 3.49. The first kappa shape index (κ1) is 19.6. The molecule has 2 aromatic carbocycles. The van der Waals surface area contributed by atoms with E-state index >= 15 is 0 Å². The molecule has 0 fully saturated rings. The van der Waals surface area contributed by atoms with Crippen LogP contribution in [0.2, 0.25) is 0 Å². The molecule has 154 valence electrons. The number of fused-ring (bicyclic) bond motifs is 1. The van der Waals surface area contributed by atoms with Crippen LogP contribution in [0.3, 0.4) is 0 Å². The summed E-state index contributed by atoms with van der Waals surface area (Å²) in [7, 11) is 1.41. The van der Waals surface area contributed by atoms with Crippen LogP contribution in [0.15, 0.2) is 47.8 Å². The van der Waals surface area contributed by atoms with Gasteiger partial charge in [0.1, 0.15) is 17.4 Å². The van der Waals surface area contributed by atoms with E-state index < -0.39 is 23.5 Å². The Morgan fingerprint density at radius 1 is 1.23 bits per heavy atom. The summed E-state index contributed by atoms with van der Waals surface area (Å²) in [5, 5.41) is 12.2. The number of carbonyl (C=O) groups is 2. The number of methoxy groups -OCH3 is 1. The fourth-order valence-corrected chi connectivity index (χ4v) is 3.64. The molecule has 2 heterocycles. The van der Waals surface area contributed by atoms with Crippen molar-refractivity contribution >= 4 is 28.4 Å². The number of hydrogen-bond donors (Lipinski definition) is 3. The maximum absolute atomic E-state index is 14.7. The van der Waals surface area contributed by atoms with Crippen LogP contribution in [0.4, 0.5) is 14.5 Å². The van der Waals surface area contributed by atoms with Gasteiger partial charge in [-0.15, -0.1) is 0 Å². The zero-order valence-corrected chi connectivity index (χ0v) is 16.2. The van der Waals surface area contributed by atoms with Gasteiger partial charge in [-0.2, -0.15) is 5.10 Å². The Labute approximate surface area is 170 Å². The van der Waals surface area contributed by atoms with Gasteiger partial charge >= 0.3 is 0 Å². The molecule has 0 spiro atoms. The highest BCUT2D eigenvalue weighted by Crippen LogP contribution is 2.36. The van der Waals surface area contributed by atoms with E-state index in [4.69, 9.17) is 4.74 Å². The SMILES string of the molecule is COc1ccc(C2CC(=O)NC(C)=C2C(=O)Nc2cc3cn[nH]c3cc2F)c(F)c1. The van der Waals surface area contributed by atoms with Crippen molar-refractivity contribution in [1.29, 1.82) is 0 Å². The molecule has 30 heavy (non-hydrogen) atoms. The molecule has 0 saturated heterocycles. The second-order valence-electron chi connectivity index (χ2n) is 6.97. The standard InChI is InChI=1S/C21H18F2N4O3/c1-10-20(21(29)26-18-5-11-9-24-27-17(11)8-16(18)23)14(7-19(28)25-10)13-4-3-12(30-2)6-15(13)22/h3-6,8-9,14H,7H2,1-2H3,(H,24,27)(H,25,28)(H,26,29). The molecular formula is C21H18F2N4O3. The van der Waals surface area contributed by atoms with E-state index in [9.17, 15) is 18.4 Å². The summed E-state index contributed by atoms with van der Waals surface area (Å²) in [6.07, 6.45) is 1.39. The molecular weight excluding hydrogens is 394 g/mol. The Hall–Kier alpha value is -3.75. The lowest BCUT2D eigenvalue weighted by atomic mass is 9.83. The first-order chi connectivity index (χ1) is 14.4. The van der Waals surface area contributed by atoms with Crippen molar-refractivity contribution in [2.24, 2.45) is 0 Å². The summed E-state index contributed by atoms with van der Waals surface area (Å²) < 4.78 is 34.2. The third-order valence-corrected chi connectivity index (χ3v) is 5.07. The van der Waals surface area contributed by atoms with Crippen molar-refractivity contribution in [1.82, 2.24) is 15.5 Å². The van der Waals surface area contributed by atoms with Crippen LogP contribution < -0.4 is 15.4 Å². The second kappa shape index (κ2) is 7.58. The quantitative estimate of drug-likeness (QED) is 0.612. The van der Waals surface area contributed by atoms with Gasteiger partial charge in [0, 0.05) is 41.1 Å². The fourth-order valence-electron chi connectivity index (χ4n) is 3.64. The number of H-pyrrole nitrogens is 1. The number of benzene rings is 2. The lowest BCUT2D eigenvalue weighted by Crippen LogP contribution is -2.35. The van der Waals surface area contributed by atoms with Gasteiger partial charge in [0.15, 0.2) is 0 Å². The lowest BCUT2D eigenvalue weighted by molar-refractivity contribution is -0.121. The predicted octanol–water partition coefficient (Wildman–Crippen LogP) is 3.37. The van der Waals surface area contributed by atoms with E-state index in [-0.39, 0.29) is 34.8 Å². The molecule has 1 aromatic heterocycles. The predicted molar refractivity (Wildman–Crippen MR) is 106 cm³/mol. The van der Waals surface area contributed by atoms with Crippen molar-refractivity contribution < 1.29 is 23.1 Å². The lowest BCUT2D eigenvalue weighted by Gasteiger charge is -2.27. The van der Waals surface area contributed by atoms with Gasteiger partial charge in [0.2, 0.25) is 5.91 Å². The largest absolute Gasteiger partial charge is 0.497 e. The van der Waals surface area contributed by atoms with Crippen LogP contribution in [-0.2, 0) is 9.59 Å². The molecule has 1 atom stereocenters. The molecule has 0 radical (unpaired) electrons. The van der Waals surface area contributed by atoms with Crippen molar-refractivity contribution in [3.05, 3.63) is 65.0 Å². The zero-order valence-electron chi connectivity index (χ0n) is 16.2. The Morgan fingerprint density at radius 2 is 2.03 bits per heavy atom. The van der Waals surface area contributed by atoms with Crippen molar-refractivity contribution in [2.75, 3.05) is 12.4 Å². The highest BCUT2D eigenvalue weighted by molar-refractivity contribution is 6.07. The number of allylic oxidation sites excluding steroid dienone is 1. The van der Waals surface area contributed by atoms with Gasteiger partial charge in [-0.3, -0.25) is 14.7 Å². The normalized spacial score (nSPS) is 16.5. The topological polar surface area (TPSA) is 96.1 Å². The Morgan fingerprint density at radius 3 is 2.77 bits per heavy atom. The van der Waals surface area contributed by atoms with Crippen molar-refractivity contribution in [2.45, 2.75) is 19.3 Å². The van der Waals surface area contributed by atoms with E-state index in [1.165, 1.54) is 37.6 Å². The van der Waals surface area contributed by atoms with Crippen LogP contribution in [0.5, 0.6) is 5.75 Å². The number of anilines is 1. The highest BCUT2D eigenvalue weighted by atomic mass is 19.1. The van der Waals surface area contributed by atoms with Gasteiger partial charge in [0.25, 0.3) is 5.91 Å². The number of nitrogens with one attached hydrogen (secondary N) is 3. The maximum atomic E-state index is 14.7. The van der Waals surface area contributed by atoms with E-state index in [0.29, 0.717) is 16.7 Å². The number of halogens is 2. The van der Waals surface area contributed by atoms with E-state index in [1.807, 2.05) is 0 Å². The number of ether oxygens (including phenoxy) is 1. The van der Waals surface area contributed by atoms with Gasteiger partial charge in [-0.1, -0.05) is 6.07 Å². The maximum Gasteiger partial charge on any atom is 0.254 e. The van der Waals surface area contributed by atoms with Crippen molar-refractivity contribution in [3.63, 3.8) is 0 Å². The number of carbonyl (C=O) groups excluding carboxylic acids is 2. The van der Waals surface area contributed by atoms with Gasteiger partial charge in [-0.25, -0.2) is 8.78 Å². The minimum absolute atomic E-state index is 0.0416. The smallest absolute Gasteiger partial charge is 0.254 e. The first-order valence-electron chi connectivity index (χ1n) is 9.15. The van der Waals surface area contributed by atoms with E-state index in [0.717, 1.165) is 0 Å². The number of hydrogen-bond acceptors (Lipinski definition) is 4. The Balaban J connectivity index is 1.71. The zero-order chi connectivity index (χ0) is 21.4. The molecule has 0 saturated carbocycles. The molecule has 9 heteroatoms. The molecule has 4 rings (SSSR count). The average Bonchev–Trinajstić information content (AvgIpc) is 3.14. The summed E-state index contributed by atoms with van der Waals surface area (Å²) in [5.74, 6) is -2.72. The molecule has 3 aromatic rings. The van der Waals surface area contributed by atoms with Gasteiger partial charge in [0.05, 0.1) is 24.5 Å². The third-order valence-electron chi connectivity index (χ3n) is 5.07. The van der Waals surface area contributed by atoms with E-state index in [1.54, 1.807) is 13.0 Å². The summed E-state index contributed by atoms with van der Waals surface area (Å²) in [6.45, 7) is 1.55. The molecule has 1 unspecified atom stereocenters. The molecule has 7 nitrogen and oxygen atoms in total. The van der Waals surface area contributed by atoms with Crippen LogP contribution >= 0.6 is 0 Å². The molecule has 0 aliphatic carbocycles. The van der Waals surface area contributed by atoms with Crippen LogP contribution in [0, 0.1) is 11.6 Å². The van der Waals surface area contributed by atoms with Gasteiger partial charge in [-0.05, 0) is 24.6 Å². The molecule has 0 bridgehead atoms. The van der Waals surface area contributed by atoms with Crippen molar-refractivity contribution in [3.8, 4) is 5.75 Å². The fraction of sp³-hybridized carbons (Fsp3) is 0.190. The minimum atomic E-state index is -0.828. The Kier molecular flexibility index (Phi) is 4.94. The van der Waals surface area contributed by atoms with Crippen LogP contribution in [0.1, 0.15) is 24.8 Å². The summed E-state index contributed by atoms with van der Waals surface area (Å²) in [6, 6.07) is 6.91. The monoisotopic (exact) mass is 412 g/mol. The summed E-state index contributed by atoms with van der Waals surface area (Å²) in [5.41, 5.74) is 1.07. The van der Waals surface area contributed by atoms with Gasteiger partial charge < -0.3 is 15.4 Å². The second-order valence-corrected chi connectivity index (χ2v) is 6.97. The molecule has 1 aliphatic rings. The number of rotatable bonds is 4. The molecule has 2 amide bonds. The van der Waals surface area contributed by atoms with Crippen LogP contribution in [-0.4, -0.2) is 29.1 Å². The average molecular weight is 412 g/mol. The highest BCUT2D eigenvalue weighted by Gasteiger charge is 2.33. The molecule has 3 N–H and O–H groups in total. The Bertz CT molecular complexity index is 1200. The van der Waals surface area contributed by atoms with E-state index in [2.05, 4.69) is 20.8 Å². The summed E-state index contributed by atoms with van der Waals surface area (Å²) in [4.78, 5) is 25.2. The first-order valence-corrected chi connectivity index (χ1v) is 9.15.